The number of thiazole rings is 1. The third kappa shape index (κ3) is 3.31. The van der Waals surface area contributed by atoms with Crippen molar-refractivity contribution in [2.24, 2.45) is 0 Å². The minimum absolute atomic E-state index is 0.157. The average Bonchev–Trinajstić information content (AvgIpc) is 3.48. The minimum atomic E-state index is -0.691. The van der Waals surface area contributed by atoms with Gasteiger partial charge in [0.15, 0.2) is 5.13 Å². The quantitative estimate of drug-likeness (QED) is 0.495. The Labute approximate surface area is 178 Å². The van der Waals surface area contributed by atoms with Gasteiger partial charge in [0.1, 0.15) is 34.7 Å². The average molecular weight is 444 g/mol. The lowest BCUT2D eigenvalue weighted by Crippen LogP contribution is -2.40. The van der Waals surface area contributed by atoms with E-state index in [0.717, 1.165) is 33.8 Å². The topological polar surface area (TPSA) is 71.0 Å². The molecule has 1 saturated heterocycles. The maximum atomic E-state index is 14.0. The molecule has 0 radical (unpaired) electrons. The van der Waals surface area contributed by atoms with E-state index < -0.39 is 17.7 Å². The molecule has 1 N–H and O–H groups in total. The highest BCUT2D eigenvalue weighted by molar-refractivity contribution is 7.16. The van der Waals surface area contributed by atoms with Crippen LogP contribution in [0, 0.1) is 11.6 Å². The number of halogens is 2. The predicted octanol–water partition coefficient (Wildman–Crippen LogP) is 4.70. The molecule has 3 aromatic heterocycles. The molecule has 1 amide bonds. The van der Waals surface area contributed by atoms with Crippen LogP contribution >= 0.6 is 22.7 Å². The molecule has 0 aliphatic carbocycles. The summed E-state index contributed by atoms with van der Waals surface area (Å²) in [5.74, 6) is -0.857. The van der Waals surface area contributed by atoms with Crippen LogP contribution in [0.15, 0.2) is 41.4 Å². The van der Waals surface area contributed by atoms with E-state index >= 15 is 0 Å². The van der Waals surface area contributed by atoms with Gasteiger partial charge in [-0.1, -0.05) is 6.07 Å². The molecule has 4 heterocycles. The number of benzene rings is 1. The van der Waals surface area contributed by atoms with Crippen LogP contribution in [-0.2, 0) is 4.79 Å². The van der Waals surface area contributed by atoms with E-state index in [4.69, 9.17) is 0 Å². The van der Waals surface area contributed by atoms with Gasteiger partial charge in [-0.05, 0) is 36.4 Å². The number of nitrogens with zero attached hydrogens (tertiary/aromatic N) is 4. The number of fused-ring (bicyclic) bond motifs is 1. The van der Waals surface area contributed by atoms with Crippen LogP contribution in [0.25, 0.3) is 21.5 Å². The van der Waals surface area contributed by atoms with Crippen molar-refractivity contribution in [3.8, 4) is 11.3 Å². The maximum Gasteiger partial charge on any atom is 0.248 e. The van der Waals surface area contributed by atoms with Gasteiger partial charge in [-0.15, -0.1) is 22.7 Å². The summed E-state index contributed by atoms with van der Waals surface area (Å²) in [5.41, 5.74) is -0.0393. The molecule has 5 rings (SSSR count). The Bertz CT molecular complexity index is 1220. The summed E-state index contributed by atoms with van der Waals surface area (Å²) in [5, 5.41) is 7.50. The summed E-state index contributed by atoms with van der Waals surface area (Å²) in [6, 6.07) is 5.22. The van der Waals surface area contributed by atoms with E-state index in [0.29, 0.717) is 18.1 Å². The van der Waals surface area contributed by atoms with E-state index in [2.05, 4.69) is 20.3 Å². The van der Waals surface area contributed by atoms with Crippen LogP contribution in [0.1, 0.15) is 12.8 Å². The highest BCUT2D eigenvalue weighted by Gasteiger charge is 2.33. The van der Waals surface area contributed by atoms with Crippen molar-refractivity contribution in [2.75, 3.05) is 16.8 Å². The second kappa shape index (κ2) is 7.69. The van der Waals surface area contributed by atoms with Crippen molar-refractivity contribution in [1.29, 1.82) is 0 Å². The van der Waals surface area contributed by atoms with Gasteiger partial charge in [0.25, 0.3) is 0 Å². The van der Waals surface area contributed by atoms with Gasteiger partial charge in [-0.25, -0.2) is 23.7 Å². The van der Waals surface area contributed by atoms with Gasteiger partial charge in [-0.3, -0.25) is 4.79 Å². The van der Waals surface area contributed by atoms with E-state index in [1.54, 1.807) is 0 Å². The number of carbonyl (C=O) groups is 1. The lowest BCUT2D eigenvalue weighted by atomic mass is 10.1. The molecule has 1 atom stereocenters. The fraction of sp³-hybridized carbons (Fsp3) is 0.200. The Balaban J connectivity index is 1.38. The van der Waals surface area contributed by atoms with Crippen molar-refractivity contribution >= 4 is 49.7 Å². The predicted molar refractivity (Wildman–Crippen MR) is 114 cm³/mol. The SMILES string of the molecule is O=C(Nc1nc(-c2c(F)cccc2F)cs1)C1CCCN1c1ncnc2sccc12. The molecule has 152 valence electrons. The second-order valence-corrected chi connectivity index (χ2v) is 8.56. The highest BCUT2D eigenvalue weighted by atomic mass is 32.1. The number of hydrogen-bond donors (Lipinski definition) is 1. The number of thiophene rings is 1. The number of amides is 1. The molecule has 1 aromatic carbocycles. The third-order valence-corrected chi connectivity index (χ3v) is 6.60. The van der Waals surface area contributed by atoms with Crippen molar-refractivity contribution in [3.63, 3.8) is 0 Å². The summed E-state index contributed by atoms with van der Waals surface area (Å²) in [6.07, 6.45) is 3.05. The van der Waals surface area contributed by atoms with Crippen LogP contribution in [0.5, 0.6) is 0 Å². The van der Waals surface area contributed by atoms with E-state index in [1.807, 2.05) is 16.3 Å². The standard InChI is InChI=1S/C20H15F2N5OS2/c21-12-3-1-4-13(22)16(12)14-9-30-20(25-14)26-18(28)15-5-2-7-27(15)17-11-6-8-29-19(11)24-10-23-17/h1,3-4,6,8-10,15H,2,5,7H2,(H,25,26,28). The van der Waals surface area contributed by atoms with Gasteiger partial charge in [0, 0.05) is 11.9 Å². The summed E-state index contributed by atoms with van der Waals surface area (Å²) >= 11 is 2.66. The fourth-order valence-electron chi connectivity index (χ4n) is 3.68. The summed E-state index contributed by atoms with van der Waals surface area (Å²) in [4.78, 5) is 28.7. The lowest BCUT2D eigenvalue weighted by molar-refractivity contribution is -0.117. The van der Waals surface area contributed by atoms with Crippen LogP contribution in [-0.4, -0.2) is 33.4 Å². The van der Waals surface area contributed by atoms with Crippen LogP contribution in [0.4, 0.5) is 19.7 Å². The molecule has 1 fully saturated rings. The number of rotatable bonds is 4. The molecule has 1 aliphatic heterocycles. The smallest absolute Gasteiger partial charge is 0.248 e. The second-order valence-electron chi connectivity index (χ2n) is 6.81. The summed E-state index contributed by atoms with van der Waals surface area (Å²) in [6.45, 7) is 0.712. The zero-order valence-electron chi connectivity index (χ0n) is 15.5. The third-order valence-electron chi connectivity index (χ3n) is 5.02. The molecule has 30 heavy (non-hydrogen) atoms. The molecular weight excluding hydrogens is 428 g/mol. The number of aromatic nitrogens is 3. The zero-order valence-corrected chi connectivity index (χ0v) is 17.1. The Hall–Kier alpha value is -2.98. The monoisotopic (exact) mass is 443 g/mol. The fourth-order valence-corrected chi connectivity index (χ4v) is 5.11. The Morgan fingerprint density at radius 1 is 1.17 bits per heavy atom. The Morgan fingerprint density at radius 2 is 2.00 bits per heavy atom. The molecule has 0 saturated carbocycles. The normalized spacial score (nSPS) is 16.3. The Morgan fingerprint density at radius 3 is 2.83 bits per heavy atom. The molecule has 1 unspecified atom stereocenters. The van der Waals surface area contributed by atoms with Crippen LogP contribution in [0.3, 0.4) is 0 Å². The molecule has 10 heteroatoms. The highest BCUT2D eigenvalue weighted by Crippen LogP contribution is 2.33. The number of hydrogen-bond acceptors (Lipinski definition) is 7. The van der Waals surface area contributed by atoms with Gasteiger partial charge in [0.2, 0.25) is 5.91 Å². The van der Waals surface area contributed by atoms with E-state index in [-0.39, 0.29) is 17.2 Å². The molecule has 0 bridgehead atoms. The van der Waals surface area contributed by atoms with Crippen molar-refractivity contribution in [1.82, 2.24) is 15.0 Å². The summed E-state index contributed by atoms with van der Waals surface area (Å²) in [7, 11) is 0. The van der Waals surface area contributed by atoms with Crippen molar-refractivity contribution in [2.45, 2.75) is 18.9 Å². The van der Waals surface area contributed by atoms with Gasteiger partial charge >= 0.3 is 0 Å². The summed E-state index contributed by atoms with van der Waals surface area (Å²) < 4.78 is 28.0. The zero-order chi connectivity index (χ0) is 20.7. The molecule has 1 aliphatic rings. The molecular formula is C20H15F2N5OS2. The van der Waals surface area contributed by atoms with Crippen LogP contribution < -0.4 is 10.2 Å². The van der Waals surface area contributed by atoms with Gasteiger partial charge in [0.05, 0.1) is 16.6 Å². The Kier molecular flexibility index (Phi) is 4.87. The van der Waals surface area contributed by atoms with E-state index in [1.165, 1.54) is 41.2 Å². The molecule has 6 nitrogen and oxygen atoms in total. The van der Waals surface area contributed by atoms with E-state index in [9.17, 15) is 13.6 Å². The molecule has 0 spiro atoms. The largest absolute Gasteiger partial charge is 0.344 e. The molecule has 4 aromatic rings. The first-order valence-corrected chi connectivity index (χ1v) is 11.0. The number of anilines is 2. The minimum Gasteiger partial charge on any atom is -0.344 e. The number of nitrogens with one attached hydrogen (secondary N) is 1. The van der Waals surface area contributed by atoms with Crippen LogP contribution in [0.2, 0.25) is 0 Å². The van der Waals surface area contributed by atoms with Gasteiger partial charge < -0.3 is 10.2 Å². The maximum absolute atomic E-state index is 14.0. The van der Waals surface area contributed by atoms with Crippen molar-refractivity contribution in [3.05, 3.63) is 53.0 Å². The first-order chi connectivity index (χ1) is 14.6. The van der Waals surface area contributed by atoms with Crippen molar-refractivity contribution < 1.29 is 13.6 Å². The first-order valence-electron chi connectivity index (χ1n) is 9.27. The van der Waals surface area contributed by atoms with Gasteiger partial charge in [-0.2, -0.15) is 0 Å². The first kappa shape index (κ1) is 19.0. The number of carbonyl (C=O) groups excluding carboxylic acids is 1. The lowest BCUT2D eigenvalue weighted by Gasteiger charge is -2.24.